The summed E-state index contributed by atoms with van der Waals surface area (Å²) in [4.78, 5) is 26.8. The molecule has 6 heteroatoms. The fourth-order valence-electron chi connectivity index (χ4n) is 3.26. The van der Waals surface area contributed by atoms with Gasteiger partial charge in [-0.25, -0.2) is 4.39 Å². The molecule has 0 aliphatic carbocycles. The molecule has 29 heavy (non-hydrogen) atoms. The van der Waals surface area contributed by atoms with Gasteiger partial charge in [-0.15, -0.1) is 0 Å². The molecule has 3 aromatic rings. The highest BCUT2D eigenvalue weighted by Gasteiger charge is 2.34. The third-order valence-corrected chi connectivity index (χ3v) is 5.64. The van der Waals surface area contributed by atoms with Gasteiger partial charge in [0.25, 0.3) is 11.1 Å². The van der Waals surface area contributed by atoms with Crippen LogP contribution in [0.1, 0.15) is 17.7 Å². The summed E-state index contributed by atoms with van der Waals surface area (Å²) in [5.41, 5.74) is 2.73. The van der Waals surface area contributed by atoms with Crippen LogP contribution in [0.15, 0.2) is 77.8 Å². The van der Waals surface area contributed by atoms with Crippen molar-refractivity contribution in [1.82, 2.24) is 9.47 Å². The average Bonchev–Trinajstić information content (AvgIpc) is 3.29. The summed E-state index contributed by atoms with van der Waals surface area (Å²) >= 11 is 0.958. The molecule has 1 aromatic heterocycles. The minimum atomic E-state index is -0.306. The smallest absolute Gasteiger partial charge is 0.293 e. The number of halogens is 1. The Balaban J connectivity index is 1.47. The van der Waals surface area contributed by atoms with Crippen LogP contribution in [-0.2, 0) is 11.2 Å². The lowest BCUT2D eigenvalue weighted by molar-refractivity contribution is -0.122. The average molecular weight is 406 g/mol. The van der Waals surface area contributed by atoms with Crippen molar-refractivity contribution in [3.63, 3.8) is 0 Å². The maximum atomic E-state index is 13.2. The van der Waals surface area contributed by atoms with Crippen LogP contribution >= 0.6 is 11.8 Å². The first-order valence-corrected chi connectivity index (χ1v) is 10.2. The molecule has 0 saturated carbocycles. The fourth-order valence-corrected chi connectivity index (χ4v) is 4.11. The zero-order valence-corrected chi connectivity index (χ0v) is 16.4. The maximum Gasteiger partial charge on any atom is 0.293 e. The van der Waals surface area contributed by atoms with E-state index in [1.807, 2.05) is 53.2 Å². The summed E-state index contributed by atoms with van der Waals surface area (Å²) in [5, 5.41) is -0.241. The minimum absolute atomic E-state index is 0.241. The number of hydrogen-bond donors (Lipinski definition) is 0. The van der Waals surface area contributed by atoms with Gasteiger partial charge in [-0.3, -0.25) is 14.5 Å². The lowest BCUT2D eigenvalue weighted by Crippen LogP contribution is -2.29. The molecule has 0 radical (unpaired) electrons. The SMILES string of the molecule is O=C1S/C(=C/c2cccn2-c2ccc(F)cc2)C(=O)N1CCCc1ccccc1. The van der Waals surface area contributed by atoms with Crippen LogP contribution in [-0.4, -0.2) is 27.2 Å². The third-order valence-electron chi connectivity index (χ3n) is 4.73. The van der Waals surface area contributed by atoms with Crippen LogP contribution in [0.5, 0.6) is 0 Å². The molecule has 2 amide bonds. The summed E-state index contributed by atoms with van der Waals surface area (Å²) in [6.45, 7) is 0.399. The van der Waals surface area contributed by atoms with Crippen molar-refractivity contribution in [2.24, 2.45) is 0 Å². The summed E-state index contributed by atoms with van der Waals surface area (Å²) in [6.07, 6.45) is 5.09. The molecule has 1 aliphatic rings. The Kier molecular flexibility index (Phi) is 5.62. The Morgan fingerprint density at radius 1 is 0.931 bits per heavy atom. The summed E-state index contributed by atoms with van der Waals surface area (Å²) in [6, 6.07) is 19.8. The van der Waals surface area contributed by atoms with Gasteiger partial charge in [-0.1, -0.05) is 30.3 Å². The van der Waals surface area contributed by atoms with Crippen LogP contribution in [0.3, 0.4) is 0 Å². The van der Waals surface area contributed by atoms with Gasteiger partial charge in [-0.05, 0) is 72.6 Å². The standard InChI is InChI=1S/C23H19FN2O2S/c24-18-10-12-19(13-11-18)25-14-5-9-20(25)16-21-22(27)26(23(28)29-21)15-4-8-17-6-2-1-3-7-17/h1-3,5-7,9-14,16H,4,8,15H2/b21-16+. The number of carbonyl (C=O) groups is 2. The monoisotopic (exact) mass is 406 g/mol. The van der Waals surface area contributed by atoms with Crippen LogP contribution in [0.2, 0.25) is 0 Å². The normalized spacial score (nSPS) is 15.5. The van der Waals surface area contributed by atoms with Gasteiger partial charge >= 0.3 is 0 Å². The minimum Gasteiger partial charge on any atom is -0.317 e. The number of nitrogens with zero attached hydrogens (tertiary/aromatic N) is 2. The summed E-state index contributed by atoms with van der Waals surface area (Å²) in [7, 11) is 0. The number of hydrogen-bond acceptors (Lipinski definition) is 3. The number of rotatable bonds is 6. The van der Waals surface area contributed by atoms with Crippen LogP contribution < -0.4 is 0 Å². The van der Waals surface area contributed by atoms with Gasteiger partial charge in [0.2, 0.25) is 0 Å². The molecule has 0 unspecified atom stereocenters. The highest BCUT2D eigenvalue weighted by atomic mass is 32.2. The van der Waals surface area contributed by atoms with E-state index in [0.29, 0.717) is 11.4 Å². The van der Waals surface area contributed by atoms with E-state index in [9.17, 15) is 14.0 Å². The number of benzene rings is 2. The molecule has 0 spiro atoms. The molecular formula is C23H19FN2O2S. The molecule has 4 nitrogen and oxygen atoms in total. The van der Waals surface area contributed by atoms with E-state index in [2.05, 4.69) is 0 Å². The van der Waals surface area contributed by atoms with E-state index in [0.717, 1.165) is 36.0 Å². The topological polar surface area (TPSA) is 42.3 Å². The molecule has 0 N–H and O–H groups in total. The van der Waals surface area contributed by atoms with Gasteiger partial charge in [0.15, 0.2) is 0 Å². The number of aryl methyl sites for hydroxylation is 1. The number of amides is 2. The molecule has 1 saturated heterocycles. The highest BCUT2D eigenvalue weighted by Crippen LogP contribution is 2.32. The number of aromatic nitrogens is 1. The largest absolute Gasteiger partial charge is 0.317 e. The first-order chi connectivity index (χ1) is 14.1. The first kappa shape index (κ1) is 19.2. The van der Waals surface area contributed by atoms with Gasteiger partial charge in [0, 0.05) is 24.1 Å². The van der Waals surface area contributed by atoms with Crippen molar-refractivity contribution < 1.29 is 14.0 Å². The van der Waals surface area contributed by atoms with Gasteiger partial charge < -0.3 is 4.57 Å². The van der Waals surface area contributed by atoms with E-state index in [4.69, 9.17) is 0 Å². The number of thioether (sulfide) groups is 1. The van der Waals surface area contributed by atoms with Crippen LogP contribution in [0, 0.1) is 5.82 Å². The van der Waals surface area contributed by atoms with Crippen molar-refractivity contribution in [3.05, 3.63) is 94.9 Å². The molecule has 2 aromatic carbocycles. The van der Waals surface area contributed by atoms with Gasteiger partial charge in [0.1, 0.15) is 5.82 Å². The number of carbonyl (C=O) groups excluding carboxylic acids is 2. The molecule has 1 fully saturated rings. The molecule has 2 heterocycles. The van der Waals surface area contributed by atoms with Crippen LogP contribution in [0.25, 0.3) is 11.8 Å². The fraction of sp³-hybridized carbons (Fsp3) is 0.130. The molecule has 4 rings (SSSR count). The molecule has 0 atom stereocenters. The van der Waals surface area contributed by atoms with Crippen molar-refractivity contribution >= 4 is 29.0 Å². The summed E-state index contributed by atoms with van der Waals surface area (Å²) in [5.74, 6) is -0.570. The van der Waals surface area contributed by atoms with Gasteiger partial charge in [-0.2, -0.15) is 0 Å². The van der Waals surface area contributed by atoms with E-state index < -0.39 is 0 Å². The molecule has 1 aliphatic heterocycles. The van der Waals surface area contributed by atoms with E-state index in [1.54, 1.807) is 18.2 Å². The lowest BCUT2D eigenvalue weighted by Gasteiger charge is -2.12. The van der Waals surface area contributed by atoms with Crippen molar-refractivity contribution in [1.29, 1.82) is 0 Å². The second-order valence-corrected chi connectivity index (χ2v) is 7.70. The third kappa shape index (κ3) is 4.32. The Morgan fingerprint density at radius 3 is 2.45 bits per heavy atom. The predicted octanol–water partition coefficient (Wildman–Crippen LogP) is 5.29. The second-order valence-electron chi connectivity index (χ2n) is 6.70. The summed E-state index contributed by atoms with van der Waals surface area (Å²) < 4.78 is 15.0. The molecule has 146 valence electrons. The lowest BCUT2D eigenvalue weighted by atomic mass is 10.1. The molecular weight excluding hydrogens is 387 g/mol. The van der Waals surface area contributed by atoms with E-state index in [-0.39, 0.29) is 17.0 Å². The Hall–Kier alpha value is -3.12. The van der Waals surface area contributed by atoms with Gasteiger partial charge in [0.05, 0.1) is 4.91 Å². The Bertz CT molecular complexity index is 1060. The highest BCUT2D eigenvalue weighted by molar-refractivity contribution is 8.18. The Morgan fingerprint density at radius 2 is 1.69 bits per heavy atom. The second kappa shape index (κ2) is 8.49. The van der Waals surface area contributed by atoms with Crippen molar-refractivity contribution in [3.8, 4) is 5.69 Å². The quantitative estimate of drug-likeness (QED) is 0.523. The van der Waals surface area contributed by atoms with Crippen molar-refractivity contribution in [2.45, 2.75) is 12.8 Å². The number of imide groups is 1. The van der Waals surface area contributed by atoms with Crippen LogP contribution in [0.4, 0.5) is 9.18 Å². The van der Waals surface area contributed by atoms with E-state index in [1.165, 1.54) is 22.6 Å². The zero-order chi connectivity index (χ0) is 20.2. The first-order valence-electron chi connectivity index (χ1n) is 9.34. The zero-order valence-electron chi connectivity index (χ0n) is 15.6. The van der Waals surface area contributed by atoms with Crippen molar-refractivity contribution in [2.75, 3.05) is 6.54 Å². The Labute approximate surface area is 172 Å². The van der Waals surface area contributed by atoms with E-state index >= 15 is 0 Å². The maximum absolute atomic E-state index is 13.2. The predicted molar refractivity (Wildman–Crippen MR) is 113 cm³/mol. The molecule has 0 bridgehead atoms.